The van der Waals surface area contributed by atoms with Gasteiger partial charge in [0.05, 0.1) is 9.80 Å². The summed E-state index contributed by atoms with van der Waals surface area (Å²) in [6, 6.07) is 14.3. The van der Waals surface area contributed by atoms with Crippen LogP contribution in [0.1, 0.15) is 25.3 Å². The van der Waals surface area contributed by atoms with Gasteiger partial charge in [-0.05, 0) is 82.7 Å². The largest absolute Gasteiger partial charge is 0.351 e. The molecule has 2 amide bonds. The van der Waals surface area contributed by atoms with Gasteiger partial charge in [-0.2, -0.15) is 0 Å². The van der Waals surface area contributed by atoms with E-state index in [9.17, 15) is 23.2 Å². The van der Waals surface area contributed by atoms with Crippen molar-refractivity contribution in [2.75, 3.05) is 32.4 Å². The predicted molar refractivity (Wildman–Crippen MR) is 148 cm³/mol. The average molecular weight is 564 g/mol. The molecule has 0 radical (unpaired) electrons. The smallest absolute Gasteiger partial charge is 0.265 e. The minimum atomic E-state index is -4.03. The lowest BCUT2D eigenvalue weighted by atomic mass is 9.95. The molecule has 3 N–H and O–H groups in total. The molecule has 0 aromatic heterocycles. The van der Waals surface area contributed by atoms with Crippen LogP contribution in [0, 0.1) is 6.92 Å². The lowest BCUT2D eigenvalue weighted by Crippen LogP contribution is -2.57. The lowest BCUT2D eigenvalue weighted by Gasteiger charge is -2.38. The summed E-state index contributed by atoms with van der Waals surface area (Å²) in [6.45, 7) is 5.16. The molecule has 8 nitrogen and oxygen atoms in total. The van der Waals surface area contributed by atoms with Gasteiger partial charge in [0.15, 0.2) is 14.6 Å². The number of aryl methyl sites for hydroxylation is 1. The van der Waals surface area contributed by atoms with Gasteiger partial charge in [-0.3, -0.25) is 14.8 Å². The molecular weight excluding hydrogens is 531 g/mol. The van der Waals surface area contributed by atoms with Crippen molar-refractivity contribution < 1.29 is 23.2 Å². The van der Waals surface area contributed by atoms with E-state index in [2.05, 4.69) is 5.32 Å². The Morgan fingerprint density at radius 2 is 1.76 bits per heavy atom. The average Bonchev–Trinajstić information content (AvgIpc) is 2.90. The quantitative estimate of drug-likeness (QED) is 0.132. The van der Waals surface area contributed by atoms with Crippen LogP contribution in [0.5, 0.6) is 0 Å². The zero-order chi connectivity index (χ0) is 27.1. The van der Waals surface area contributed by atoms with Crippen LogP contribution in [0.15, 0.2) is 74.2 Å². The summed E-state index contributed by atoms with van der Waals surface area (Å²) in [5, 5.41) is 12.2. The Hall–Kier alpha value is -2.31. The van der Waals surface area contributed by atoms with Crippen molar-refractivity contribution in [1.82, 2.24) is 15.7 Å². The van der Waals surface area contributed by atoms with E-state index in [-0.39, 0.29) is 23.6 Å². The van der Waals surface area contributed by atoms with Gasteiger partial charge in [-0.25, -0.2) is 13.9 Å². The summed E-state index contributed by atoms with van der Waals surface area (Å²) >= 11 is 2.93. The van der Waals surface area contributed by atoms with E-state index in [0.29, 0.717) is 30.3 Å². The Kier molecular flexibility index (Phi) is 10.3. The van der Waals surface area contributed by atoms with Gasteiger partial charge < -0.3 is 10.2 Å². The van der Waals surface area contributed by atoms with Crippen molar-refractivity contribution >= 4 is 45.2 Å². The normalized spacial score (nSPS) is 16.3. The number of likely N-dealkylation sites (tertiary alicyclic amines) is 1. The number of piperidine rings is 1. The fourth-order valence-corrected chi connectivity index (χ4v) is 7.71. The summed E-state index contributed by atoms with van der Waals surface area (Å²) in [4.78, 5) is 29.6. The summed E-state index contributed by atoms with van der Waals surface area (Å²) in [5.74, 6) is -0.424. The number of nitrogens with zero attached hydrogens (tertiary/aromatic N) is 1. The maximum atomic E-state index is 13.5. The Morgan fingerprint density at radius 3 is 2.35 bits per heavy atom. The van der Waals surface area contributed by atoms with Crippen molar-refractivity contribution in [1.29, 1.82) is 0 Å². The zero-order valence-corrected chi connectivity index (χ0v) is 23.6. The molecule has 1 saturated heterocycles. The van der Waals surface area contributed by atoms with Crippen LogP contribution >= 0.6 is 23.5 Å². The maximum absolute atomic E-state index is 13.5. The van der Waals surface area contributed by atoms with Crippen molar-refractivity contribution in [2.24, 2.45) is 0 Å². The van der Waals surface area contributed by atoms with Gasteiger partial charge in [0.2, 0.25) is 0 Å². The highest BCUT2D eigenvalue weighted by Crippen LogP contribution is 2.36. The molecule has 0 saturated carbocycles. The highest BCUT2D eigenvalue weighted by Gasteiger charge is 2.52. The fraction of sp³-hybridized carbons (Fsp3) is 0.385. The number of carbonyl (C=O) groups excluding carboxylic acids is 2. The van der Waals surface area contributed by atoms with E-state index in [1.54, 1.807) is 23.7 Å². The fourth-order valence-electron chi connectivity index (χ4n) is 4.09. The highest BCUT2D eigenvalue weighted by atomic mass is 32.2. The molecule has 3 rings (SSSR count). The number of hydrogen-bond donors (Lipinski definition) is 3. The molecule has 2 aromatic rings. The first-order valence-corrected chi connectivity index (χ1v) is 15.2. The van der Waals surface area contributed by atoms with Crippen LogP contribution in [-0.2, 0) is 19.4 Å². The Labute approximate surface area is 227 Å². The standard InChI is InChI=1S/C26H33N3O5S3/c1-4-22(36-23-8-6-5-7-19(23)2)24(30)27-15-18-35-20-9-11-21(12-10-20)37(33,34)26(25(31)28-32)13-16-29(3)17-14-26/h4-12,32H,13-18H2,1-3H3,(H,27,30)(H,28,31). The topological polar surface area (TPSA) is 116 Å². The number of nitrogens with one attached hydrogen (secondary N) is 2. The van der Waals surface area contributed by atoms with Gasteiger partial charge in [0.25, 0.3) is 11.8 Å². The number of thioether (sulfide) groups is 2. The molecule has 0 spiro atoms. The molecule has 1 aliphatic heterocycles. The Balaban J connectivity index is 1.57. The third-order valence-corrected chi connectivity index (χ3v) is 11.3. The van der Waals surface area contributed by atoms with Crippen LogP contribution in [-0.4, -0.2) is 67.5 Å². The summed E-state index contributed by atoms with van der Waals surface area (Å²) in [7, 11) is -2.16. The molecule has 37 heavy (non-hydrogen) atoms. The number of sulfone groups is 1. The summed E-state index contributed by atoms with van der Waals surface area (Å²) < 4.78 is 25.2. The number of hydroxylamine groups is 1. The molecular formula is C26H33N3O5S3. The Morgan fingerprint density at radius 1 is 1.11 bits per heavy atom. The van der Waals surface area contributed by atoms with Gasteiger partial charge in [-0.15, -0.1) is 11.8 Å². The van der Waals surface area contributed by atoms with Crippen molar-refractivity contribution in [3.05, 3.63) is 65.1 Å². The van der Waals surface area contributed by atoms with Crippen molar-refractivity contribution in [3.8, 4) is 0 Å². The van der Waals surface area contributed by atoms with Gasteiger partial charge in [0, 0.05) is 22.1 Å². The van der Waals surface area contributed by atoms with E-state index in [0.717, 1.165) is 15.4 Å². The zero-order valence-electron chi connectivity index (χ0n) is 21.2. The number of allylic oxidation sites excluding steroid dienone is 1. The molecule has 0 unspecified atom stereocenters. The first-order valence-electron chi connectivity index (χ1n) is 11.9. The Bertz CT molecular complexity index is 1240. The number of hydrogen-bond acceptors (Lipinski definition) is 8. The highest BCUT2D eigenvalue weighted by molar-refractivity contribution is 8.04. The predicted octanol–water partition coefficient (Wildman–Crippen LogP) is 3.64. The number of carbonyl (C=O) groups is 2. The second kappa shape index (κ2) is 13.0. The third-order valence-electron chi connectivity index (χ3n) is 6.41. The molecule has 0 aliphatic carbocycles. The van der Waals surface area contributed by atoms with E-state index in [1.807, 2.05) is 50.1 Å². The molecule has 200 valence electrons. The molecule has 2 aromatic carbocycles. The van der Waals surface area contributed by atoms with E-state index in [4.69, 9.17) is 0 Å². The third kappa shape index (κ3) is 6.77. The molecule has 0 atom stereocenters. The lowest BCUT2D eigenvalue weighted by molar-refractivity contribution is -0.133. The van der Waals surface area contributed by atoms with Crippen molar-refractivity contribution in [2.45, 2.75) is 46.1 Å². The number of benzene rings is 2. The van der Waals surface area contributed by atoms with E-state index in [1.165, 1.54) is 35.7 Å². The molecule has 1 heterocycles. The summed E-state index contributed by atoms with van der Waals surface area (Å²) in [5.41, 5.74) is 2.68. The van der Waals surface area contributed by atoms with E-state index >= 15 is 0 Å². The first-order chi connectivity index (χ1) is 17.6. The summed E-state index contributed by atoms with van der Waals surface area (Å²) in [6.07, 6.45) is 2.00. The SMILES string of the molecule is CC=C(Sc1ccccc1C)C(=O)NCCSc1ccc(S(=O)(=O)C2(C(=O)NO)CCN(C)CC2)cc1. The van der Waals surface area contributed by atoms with E-state index < -0.39 is 20.5 Å². The number of rotatable bonds is 10. The minimum Gasteiger partial charge on any atom is -0.351 e. The first kappa shape index (κ1) is 29.2. The van der Waals surface area contributed by atoms with Crippen LogP contribution in [0.2, 0.25) is 0 Å². The molecule has 1 aliphatic rings. The van der Waals surface area contributed by atoms with Crippen LogP contribution in [0.3, 0.4) is 0 Å². The monoisotopic (exact) mass is 563 g/mol. The van der Waals surface area contributed by atoms with Crippen LogP contribution in [0.4, 0.5) is 0 Å². The van der Waals surface area contributed by atoms with Crippen LogP contribution in [0.25, 0.3) is 0 Å². The second-order valence-electron chi connectivity index (χ2n) is 8.84. The van der Waals surface area contributed by atoms with Crippen LogP contribution < -0.4 is 10.8 Å². The molecule has 1 fully saturated rings. The second-order valence-corrected chi connectivity index (χ2v) is 13.4. The molecule has 0 bridgehead atoms. The molecule has 11 heteroatoms. The minimum absolute atomic E-state index is 0.0456. The van der Waals surface area contributed by atoms with Gasteiger partial charge in [0.1, 0.15) is 0 Å². The maximum Gasteiger partial charge on any atom is 0.265 e. The van der Waals surface area contributed by atoms with Gasteiger partial charge >= 0.3 is 0 Å². The van der Waals surface area contributed by atoms with Crippen molar-refractivity contribution in [3.63, 3.8) is 0 Å². The number of amides is 2. The van der Waals surface area contributed by atoms with Gasteiger partial charge in [-0.1, -0.05) is 36.0 Å².